The van der Waals surface area contributed by atoms with Crippen LogP contribution in [-0.2, 0) is 0 Å². The third-order valence-electron chi connectivity index (χ3n) is 4.53. The van der Waals surface area contributed by atoms with Crippen LogP contribution in [-0.4, -0.2) is 48.1 Å². The molecular formula is C15H30N2. The van der Waals surface area contributed by atoms with Crippen molar-refractivity contribution in [1.82, 2.24) is 9.80 Å². The lowest BCUT2D eigenvalue weighted by molar-refractivity contribution is 0.0422. The van der Waals surface area contributed by atoms with Crippen LogP contribution in [0.15, 0.2) is 0 Å². The Balaban J connectivity index is 1.90. The van der Waals surface area contributed by atoms with E-state index < -0.39 is 0 Å². The first-order chi connectivity index (χ1) is 7.99. The number of rotatable bonds is 3. The van der Waals surface area contributed by atoms with Gasteiger partial charge in [0.25, 0.3) is 0 Å². The molecule has 2 unspecified atom stereocenters. The molecule has 2 saturated heterocycles. The highest BCUT2D eigenvalue weighted by Crippen LogP contribution is 2.27. The molecule has 2 rings (SSSR count). The van der Waals surface area contributed by atoms with Crippen LogP contribution < -0.4 is 0 Å². The Morgan fingerprint density at radius 3 is 2.59 bits per heavy atom. The second-order valence-electron chi connectivity index (χ2n) is 7.16. The van der Waals surface area contributed by atoms with Crippen LogP contribution in [0.25, 0.3) is 0 Å². The zero-order valence-corrected chi connectivity index (χ0v) is 12.2. The van der Waals surface area contributed by atoms with Gasteiger partial charge in [0.15, 0.2) is 0 Å². The fraction of sp³-hybridized carbons (Fsp3) is 1.00. The monoisotopic (exact) mass is 238 g/mol. The van der Waals surface area contributed by atoms with Gasteiger partial charge in [0, 0.05) is 25.2 Å². The van der Waals surface area contributed by atoms with Gasteiger partial charge in [-0.25, -0.2) is 0 Å². The van der Waals surface area contributed by atoms with Gasteiger partial charge < -0.3 is 0 Å². The van der Waals surface area contributed by atoms with E-state index in [1.54, 1.807) is 0 Å². The molecule has 2 heterocycles. The molecule has 2 fully saturated rings. The molecule has 2 heteroatoms. The van der Waals surface area contributed by atoms with Gasteiger partial charge in [0.05, 0.1) is 0 Å². The van der Waals surface area contributed by atoms with E-state index in [0.29, 0.717) is 5.41 Å². The standard InChI is InChI=1S/C15H30N2/c1-5-13-11-16-9-6-7-14(16)12-17(13)10-8-15(2,3)4/h13-14H,5-12H2,1-4H3. The summed E-state index contributed by atoms with van der Waals surface area (Å²) in [5, 5.41) is 0. The molecule has 0 saturated carbocycles. The van der Waals surface area contributed by atoms with Crippen molar-refractivity contribution in [3.05, 3.63) is 0 Å². The van der Waals surface area contributed by atoms with Gasteiger partial charge in [-0.15, -0.1) is 0 Å². The molecule has 0 N–H and O–H groups in total. The maximum atomic E-state index is 2.78. The smallest absolute Gasteiger partial charge is 0.0224 e. The maximum absolute atomic E-state index is 2.78. The molecule has 0 radical (unpaired) electrons. The predicted octanol–water partition coefficient (Wildman–Crippen LogP) is 2.98. The van der Waals surface area contributed by atoms with Gasteiger partial charge in [-0.3, -0.25) is 9.80 Å². The van der Waals surface area contributed by atoms with Crippen molar-refractivity contribution in [3.63, 3.8) is 0 Å². The van der Waals surface area contributed by atoms with Crippen LogP contribution >= 0.6 is 0 Å². The van der Waals surface area contributed by atoms with Crippen molar-refractivity contribution in [2.75, 3.05) is 26.2 Å². The number of piperazine rings is 1. The highest BCUT2D eigenvalue weighted by Gasteiger charge is 2.35. The van der Waals surface area contributed by atoms with Crippen molar-refractivity contribution in [2.45, 2.75) is 65.5 Å². The number of nitrogens with zero attached hydrogens (tertiary/aromatic N) is 2. The van der Waals surface area contributed by atoms with Gasteiger partial charge in [-0.05, 0) is 44.2 Å². The lowest BCUT2D eigenvalue weighted by Gasteiger charge is -2.44. The molecular weight excluding hydrogens is 208 g/mol. The lowest BCUT2D eigenvalue weighted by atomic mass is 9.91. The van der Waals surface area contributed by atoms with E-state index in [1.807, 2.05) is 0 Å². The third-order valence-corrected chi connectivity index (χ3v) is 4.53. The Hall–Kier alpha value is -0.0800. The van der Waals surface area contributed by atoms with Crippen molar-refractivity contribution in [3.8, 4) is 0 Å². The van der Waals surface area contributed by atoms with E-state index in [0.717, 1.165) is 12.1 Å². The van der Waals surface area contributed by atoms with E-state index >= 15 is 0 Å². The Morgan fingerprint density at radius 1 is 1.18 bits per heavy atom. The first-order valence-corrected chi connectivity index (χ1v) is 7.47. The normalized spacial score (nSPS) is 31.8. The summed E-state index contributed by atoms with van der Waals surface area (Å²) < 4.78 is 0. The molecule has 0 bridgehead atoms. The van der Waals surface area contributed by atoms with E-state index in [-0.39, 0.29) is 0 Å². The Labute approximate surface area is 107 Å². The van der Waals surface area contributed by atoms with Crippen LogP contribution in [0.5, 0.6) is 0 Å². The maximum Gasteiger partial charge on any atom is 0.0224 e. The first-order valence-electron chi connectivity index (χ1n) is 7.47. The predicted molar refractivity (Wildman–Crippen MR) is 74.3 cm³/mol. The fourth-order valence-corrected chi connectivity index (χ4v) is 3.29. The lowest BCUT2D eigenvalue weighted by Crippen LogP contribution is -2.56. The Morgan fingerprint density at radius 2 is 1.94 bits per heavy atom. The minimum absolute atomic E-state index is 0.477. The second-order valence-corrected chi connectivity index (χ2v) is 7.16. The largest absolute Gasteiger partial charge is 0.298 e. The first kappa shape index (κ1) is 13.4. The SMILES string of the molecule is CCC1CN2CCCC2CN1CCC(C)(C)C. The molecule has 2 atom stereocenters. The van der Waals surface area contributed by atoms with Gasteiger partial charge in [0.2, 0.25) is 0 Å². The molecule has 100 valence electrons. The average molecular weight is 238 g/mol. The average Bonchev–Trinajstić information content (AvgIpc) is 2.70. The molecule has 2 aliphatic rings. The topological polar surface area (TPSA) is 6.48 Å². The zero-order chi connectivity index (χ0) is 12.5. The van der Waals surface area contributed by atoms with Gasteiger partial charge in [-0.2, -0.15) is 0 Å². The van der Waals surface area contributed by atoms with Gasteiger partial charge in [-0.1, -0.05) is 27.7 Å². The summed E-state index contributed by atoms with van der Waals surface area (Å²) in [6.07, 6.45) is 5.50. The summed E-state index contributed by atoms with van der Waals surface area (Å²) in [7, 11) is 0. The highest BCUT2D eigenvalue weighted by molar-refractivity contribution is 4.91. The van der Waals surface area contributed by atoms with Crippen LogP contribution in [0.1, 0.15) is 53.4 Å². The van der Waals surface area contributed by atoms with Crippen molar-refractivity contribution in [1.29, 1.82) is 0 Å². The summed E-state index contributed by atoms with van der Waals surface area (Å²) >= 11 is 0. The number of hydrogen-bond donors (Lipinski definition) is 0. The van der Waals surface area contributed by atoms with Crippen LogP contribution in [0, 0.1) is 5.41 Å². The van der Waals surface area contributed by atoms with Crippen molar-refractivity contribution < 1.29 is 0 Å². The molecule has 2 aliphatic heterocycles. The van der Waals surface area contributed by atoms with Crippen LogP contribution in [0.4, 0.5) is 0 Å². The molecule has 17 heavy (non-hydrogen) atoms. The van der Waals surface area contributed by atoms with Gasteiger partial charge in [0.1, 0.15) is 0 Å². The van der Waals surface area contributed by atoms with E-state index in [4.69, 9.17) is 0 Å². The molecule has 0 aromatic rings. The van der Waals surface area contributed by atoms with Crippen LogP contribution in [0.2, 0.25) is 0 Å². The molecule has 0 amide bonds. The molecule has 0 spiro atoms. The highest BCUT2D eigenvalue weighted by atomic mass is 15.3. The summed E-state index contributed by atoms with van der Waals surface area (Å²) in [5.74, 6) is 0. The second kappa shape index (κ2) is 5.27. The van der Waals surface area contributed by atoms with E-state index in [1.165, 1.54) is 51.9 Å². The molecule has 0 aliphatic carbocycles. The number of hydrogen-bond acceptors (Lipinski definition) is 2. The summed E-state index contributed by atoms with van der Waals surface area (Å²) in [6, 6.07) is 1.68. The summed E-state index contributed by atoms with van der Waals surface area (Å²) in [4.78, 5) is 5.51. The molecule has 0 aromatic carbocycles. The van der Waals surface area contributed by atoms with E-state index in [2.05, 4.69) is 37.5 Å². The Kier molecular flexibility index (Phi) is 4.14. The Bertz CT molecular complexity index is 244. The minimum atomic E-state index is 0.477. The minimum Gasteiger partial charge on any atom is -0.298 e. The third kappa shape index (κ3) is 3.45. The molecule has 2 nitrogen and oxygen atoms in total. The summed E-state index contributed by atoms with van der Waals surface area (Å²) in [5.41, 5.74) is 0.477. The van der Waals surface area contributed by atoms with Crippen molar-refractivity contribution >= 4 is 0 Å². The van der Waals surface area contributed by atoms with Crippen molar-refractivity contribution in [2.24, 2.45) is 5.41 Å². The number of fused-ring (bicyclic) bond motifs is 1. The quantitative estimate of drug-likeness (QED) is 0.746. The fourth-order valence-electron chi connectivity index (χ4n) is 3.29. The zero-order valence-electron chi connectivity index (χ0n) is 12.2. The summed E-state index contributed by atoms with van der Waals surface area (Å²) in [6.45, 7) is 14.7. The van der Waals surface area contributed by atoms with E-state index in [9.17, 15) is 0 Å². The molecule has 0 aromatic heterocycles. The van der Waals surface area contributed by atoms with Gasteiger partial charge >= 0.3 is 0 Å². The van der Waals surface area contributed by atoms with Crippen LogP contribution in [0.3, 0.4) is 0 Å².